The zero-order valence-electron chi connectivity index (χ0n) is 12.5. The molecule has 1 unspecified atom stereocenters. The van der Waals surface area contributed by atoms with Gasteiger partial charge in [-0.05, 0) is 18.6 Å². The van der Waals surface area contributed by atoms with E-state index in [1.807, 2.05) is 6.92 Å². The van der Waals surface area contributed by atoms with Crippen LogP contribution in [0.25, 0.3) is 0 Å². The Hall–Kier alpha value is -1.56. The molecule has 1 heterocycles. The molecule has 0 aliphatic carbocycles. The van der Waals surface area contributed by atoms with E-state index in [0.717, 1.165) is 13.0 Å². The highest BCUT2D eigenvalue weighted by Crippen LogP contribution is 2.16. The average Bonchev–Trinajstić information content (AvgIpc) is 2.94. The number of hydrogen-bond donors (Lipinski definition) is 2. The summed E-state index contributed by atoms with van der Waals surface area (Å²) in [4.78, 5) is 18.1. The number of carbonyl (C=O) groups excluding carboxylic acids is 1. The standard InChI is InChI=1S/C14H23N3O2S/c1-5-11-6-7-12(20-11)9-17-14(15-3)16-8-10(2)13(18)19-4/h6-7,10H,5,8-9H2,1-4H3,(H2,15,16,17). The second-order valence-corrected chi connectivity index (χ2v) is 5.71. The molecule has 0 spiro atoms. The fraction of sp³-hybridized carbons (Fsp3) is 0.571. The van der Waals surface area contributed by atoms with Crippen LogP contribution < -0.4 is 10.6 Å². The second kappa shape index (κ2) is 8.58. The topological polar surface area (TPSA) is 62.7 Å². The van der Waals surface area contributed by atoms with Crippen molar-refractivity contribution in [2.75, 3.05) is 20.7 Å². The molecule has 1 rings (SSSR count). The van der Waals surface area contributed by atoms with E-state index < -0.39 is 0 Å². The molecular weight excluding hydrogens is 274 g/mol. The number of carbonyl (C=O) groups is 1. The minimum Gasteiger partial charge on any atom is -0.469 e. The molecule has 1 atom stereocenters. The van der Waals surface area contributed by atoms with E-state index in [4.69, 9.17) is 0 Å². The predicted molar refractivity (Wildman–Crippen MR) is 83.1 cm³/mol. The Morgan fingerprint density at radius 3 is 2.65 bits per heavy atom. The maximum atomic E-state index is 11.3. The Kier molecular flexibility index (Phi) is 7.08. The molecule has 6 heteroatoms. The number of aryl methyl sites for hydroxylation is 1. The molecule has 20 heavy (non-hydrogen) atoms. The molecule has 0 bridgehead atoms. The first kappa shape index (κ1) is 16.5. The molecule has 2 N–H and O–H groups in total. The number of nitrogens with one attached hydrogen (secondary N) is 2. The van der Waals surface area contributed by atoms with Crippen LogP contribution in [0.4, 0.5) is 0 Å². The molecule has 0 amide bonds. The number of esters is 1. The fourth-order valence-corrected chi connectivity index (χ4v) is 2.53. The van der Waals surface area contributed by atoms with Gasteiger partial charge in [-0.1, -0.05) is 13.8 Å². The quantitative estimate of drug-likeness (QED) is 0.477. The lowest BCUT2D eigenvalue weighted by Gasteiger charge is -2.14. The molecule has 112 valence electrons. The van der Waals surface area contributed by atoms with Crippen molar-refractivity contribution in [2.24, 2.45) is 10.9 Å². The maximum Gasteiger partial charge on any atom is 0.310 e. The summed E-state index contributed by atoms with van der Waals surface area (Å²) in [5.74, 6) is 0.262. The van der Waals surface area contributed by atoms with Crippen molar-refractivity contribution in [1.29, 1.82) is 0 Å². The lowest BCUT2D eigenvalue weighted by molar-refractivity contribution is -0.144. The van der Waals surface area contributed by atoms with Gasteiger partial charge in [-0.3, -0.25) is 9.79 Å². The van der Waals surface area contributed by atoms with Crippen molar-refractivity contribution in [3.8, 4) is 0 Å². The van der Waals surface area contributed by atoms with Gasteiger partial charge in [-0.15, -0.1) is 11.3 Å². The predicted octanol–water partition coefficient (Wildman–Crippen LogP) is 1.78. The van der Waals surface area contributed by atoms with E-state index >= 15 is 0 Å². The first-order chi connectivity index (χ1) is 9.60. The highest BCUT2D eigenvalue weighted by Gasteiger charge is 2.13. The van der Waals surface area contributed by atoms with Gasteiger partial charge in [-0.2, -0.15) is 0 Å². The summed E-state index contributed by atoms with van der Waals surface area (Å²) in [6.07, 6.45) is 1.06. The molecule has 0 radical (unpaired) electrons. The van der Waals surface area contributed by atoms with Crippen LogP contribution in [-0.4, -0.2) is 32.6 Å². The number of ether oxygens (including phenoxy) is 1. The van der Waals surface area contributed by atoms with E-state index in [9.17, 15) is 4.79 Å². The summed E-state index contributed by atoms with van der Waals surface area (Å²) in [7, 11) is 3.11. The van der Waals surface area contributed by atoms with Gasteiger partial charge < -0.3 is 15.4 Å². The molecule has 0 saturated heterocycles. The summed E-state index contributed by atoms with van der Waals surface area (Å²) in [5.41, 5.74) is 0. The van der Waals surface area contributed by atoms with Gasteiger partial charge in [-0.25, -0.2) is 0 Å². The normalized spacial score (nSPS) is 12.9. The SMILES string of the molecule is CCc1ccc(CNC(=NC)NCC(C)C(=O)OC)s1. The van der Waals surface area contributed by atoms with E-state index in [-0.39, 0.29) is 11.9 Å². The van der Waals surface area contributed by atoms with Crippen LogP contribution in [0.1, 0.15) is 23.6 Å². The van der Waals surface area contributed by atoms with Crippen molar-refractivity contribution in [1.82, 2.24) is 10.6 Å². The van der Waals surface area contributed by atoms with E-state index in [1.54, 1.807) is 18.4 Å². The van der Waals surface area contributed by atoms with Gasteiger partial charge >= 0.3 is 5.97 Å². The van der Waals surface area contributed by atoms with Crippen LogP contribution in [-0.2, 0) is 22.5 Å². The van der Waals surface area contributed by atoms with Crippen molar-refractivity contribution >= 4 is 23.3 Å². The fourth-order valence-electron chi connectivity index (χ4n) is 1.63. The van der Waals surface area contributed by atoms with E-state index in [0.29, 0.717) is 12.5 Å². The molecule has 0 saturated carbocycles. The third-order valence-corrected chi connectivity index (χ3v) is 4.13. The van der Waals surface area contributed by atoms with Crippen LogP contribution in [0.2, 0.25) is 0 Å². The van der Waals surface area contributed by atoms with Gasteiger partial charge in [0.15, 0.2) is 5.96 Å². The smallest absolute Gasteiger partial charge is 0.310 e. The lowest BCUT2D eigenvalue weighted by atomic mass is 10.2. The second-order valence-electron chi connectivity index (χ2n) is 4.45. The van der Waals surface area contributed by atoms with E-state index in [2.05, 4.69) is 39.4 Å². The van der Waals surface area contributed by atoms with Crippen LogP contribution in [0.3, 0.4) is 0 Å². The first-order valence-corrected chi connectivity index (χ1v) is 7.52. The monoisotopic (exact) mass is 297 g/mol. The minimum atomic E-state index is -0.223. The molecule has 1 aromatic heterocycles. The lowest BCUT2D eigenvalue weighted by Crippen LogP contribution is -2.40. The van der Waals surface area contributed by atoms with Gasteiger partial charge in [0.05, 0.1) is 19.6 Å². The van der Waals surface area contributed by atoms with Crippen molar-refractivity contribution in [3.63, 3.8) is 0 Å². The highest BCUT2D eigenvalue weighted by molar-refractivity contribution is 7.11. The van der Waals surface area contributed by atoms with Crippen LogP contribution in [0, 0.1) is 5.92 Å². The number of methoxy groups -OCH3 is 1. The molecule has 0 aromatic carbocycles. The van der Waals surface area contributed by atoms with Gasteiger partial charge in [0.1, 0.15) is 0 Å². The van der Waals surface area contributed by atoms with E-state index in [1.165, 1.54) is 16.9 Å². The molecule has 5 nitrogen and oxygen atoms in total. The Morgan fingerprint density at radius 2 is 2.10 bits per heavy atom. The molecule has 0 aliphatic rings. The van der Waals surface area contributed by atoms with Crippen LogP contribution in [0.15, 0.2) is 17.1 Å². The van der Waals surface area contributed by atoms with Crippen molar-refractivity contribution in [2.45, 2.75) is 26.8 Å². The van der Waals surface area contributed by atoms with Gasteiger partial charge in [0, 0.05) is 23.3 Å². The Labute approximate surface area is 124 Å². The molecule has 1 aromatic rings. The zero-order chi connectivity index (χ0) is 15.0. The average molecular weight is 297 g/mol. The number of hydrogen-bond acceptors (Lipinski definition) is 4. The highest BCUT2D eigenvalue weighted by atomic mass is 32.1. The summed E-state index contributed by atoms with van der Waals surface area (Å²) in [6, 6.07) is 4.28. The molecule has 0 fully saturated rings. The summed E-state index contributed by atoms with van der Waals surface area (Å²) in [6.45, 7) is 5.20. The van der Waals surface area contributed by atoms with Gasteiger partial charge in [0.25, 0.3) is 0 Å². The van der Waals surface area contributed by atoms with Crippen LogP contribution in [0.5, 0.6) is 0 Å². The molecule has 0 aliphatic heterocycles. The van der Waals surface area contributed by atoms with Crippen molar-refractivity contribution in [3.05, 3.63) is 21.9 Å². The van der Waals surface area contributed by atoms with Gasteiger partial charge in [0.2, 0.25) is 0 Å². The summed E-state index contributed by atoms with van der Waals surface area (Å²) < 4.78 is 4.68. The number of nitrogens with zero attached hydrogens (tertiary/aromatic N) is 1. The largest absolute Gasteiger partial charge is 0.469 e. The Bertz CT molecular complexity index is 457. The molecular formula is C14H23N3O2S. The van der Waals surface area contributed by atoms with Crippen LogP contribution >= 0.6 is 11.3 Å². The number of rotatable bonds is 6. The Morgan fingerprint density at radius 1 is 1.40 bits per heavy atom. The van der Waals surface area contributed by atoms with Crippen molar-refractivity contribution < 1.29 is 9.53 Å². The number of thiophene rings is 1. The third-order valence-electron chi connectivity index (χ3n) is 2.90. The maximum absolute atomic E-state index is 11.3. The summed E-state index contributed by atoms with van der Waals surface area (Å²) in [5, 5.41) is 6.35. The summed E-state index contributed by atoms with van der Waals surface area (Å²) >= 11 is 1.80. The zero-order valence-corrected chi connectivity index (χ0v) is 13.3. The Balaban J connectivity index is 2.38. The number of aliphatic imine (C=N–C) groups is 1. The first-order valence-electron chi connectivity index (χ1n) is 6.70. The minimum absolute atomic E-state index is 0.202. The third kappa shape index (κ3) is 5.21. The number of guanidine groups is 1.